The average molecular weight is 989 g/mol. The number of fused-ring (bicyclic) bond motifs is 4. The quantitative estimate of drug-likeness (QED) is 0.0430. The standard InChI is InChI=1S/C42H28N4O21S2/c1-61-20-12-10-19(11-13-20)46(37(47)31-21-6-2-4-8-26(21)45-27-9-5-3-7-22(27)31)69(59,60)28-16-14-23(38(48)62-53)36(34(28)41(51)65-56)68(57,58)29-18-24-25(43)15-17-30(44)66-67-42(52)35(32(24)39(49)63-54)33(29)40(50)64-55/h2-14,16,18,43-44,53-56H,15,17H2,1H3. The first-order valence-electron chi connectivity index (χ1n) is 19.0. The van der Waals surface area contributed by atoms with Gasteiger partial charge in [0.2, 0.25) is 15.7 Å². The van der Waals surface area contributed by atoms with Crippen molar-refractivity contribution >= 4 is 94.7 Å². The Morgan fingerprint density at radius 2 is 1.20 bits per heavy atom. The van der Waals surface area contributed by atoms with Gasteiger partial charge < -0.3 is 10.1 Å². The van der Waals surface area contributed by atoms with Crippen LogP contribution in [0.2, 0.25) is 0 Å². The molecule has 6 N–H and O–H groups in total. The van der Waals surface area contributed by atoms with Crippen LogP contribution in [0.5, 0.6) is 5.75 Å². The Labute approximate surface area is 384 Å². The van der Waals surface area contributed by atoms with Crippen molar-refractivity contribution in [3.8, 4) is 5.75 Å². The number of methoxy groups -OCH3 is 1. The highest BCUT2D eigenvalue weighted by atomic mass is 32.2. The zero-order valence-corrected chi connectivity index (χ0v) is 36.1. The maximum absolute atomic E-state index is 15.5. The number of hydrogen-bond acceptors (Lipinski definition) is 24. The van der Waals surface area contributed by atoms with Crippen molar-refractivity contribution in [2.24, 2.45) is 0 Å². The second kappa shape index (κ2) is 18.9. The molecule has 1 aliphatic heterocycles. The van der Waals surface area contributed by atoms with E-state index in [1.807, 2.05) is 0 Å². The molecule has 0 unspecified atom stereocenters. The van der Waals surface area contributed by atoms with Crippen LogP contribution in [-0.2, 0) is 49.2 Å². The highest BCUT2D eigenvalue weighted by Gasteiger charge is 2.46. The summed E-state index contributed by atoms with van der Waals surface area (Å²) in [5, 5.41) is 55.2. The monoisotopic (exact) mass is 988 g/mol. The molecule has 354 valence electrons. The molecule has 0 fully saturated rings. The fourth-order valence-electron chi connectivity index (χ4n) is 7.33. The van der Waals surface area contributed by atoms with E-state index in [9.17, 15) is 45.0 Å². The number of nitrogens with one attached hydrogen (secondary N) is 2. The number of sulfonamides is 1. The molecule has 1 aliphatic rings. The average Bonchev–Trinajstić information content (AvgIpc) is 3.36. The lowest BCUT2D eigenvalue weighted by atomic mass is 9.91. The summed E-state index contributed by atoms with van der Waals surface area (Å²) in [5.41, 5.74) is -10.5. The molecule has 1 aromatic heterocycles. The Kier molecular flexibility index (Phi) is 13.2. The number of aromatic nitrogens is 1. The number of carbonyl (C=O) groups excluding carboxylic acids is 6. The van der Waals surface area contributed by atoms with Gasteiger partial charge in [-0.1, -0.05) is 36.4 Å². The van der Waals surface area contributed by atoms with E-state index < -0.39 is 134 Å². The summed E-state index contributed by atoms with van der Waals surface area (Å²) in [6, 6.07) is 17.6. The van der Waals surface area contributed by atoms with Gasteiger partial charge in [-0.2, -0.15) is 25.3 Å². The lowest BCUT2D eigenvalue weighted by molar-refractivity contribution is -0.184. The second-order valence-corrected chi connectivity index (χ2v) is 17.6. The van der Waals surface area contributed by atoms with Crippen molar-refractivity contribution in [2.75, 3.05) is 11.4 Å². The number of anilines is 1. The van der Waals surface area contributed by atoms with Crippen LogP contribution in [0.1, 0.15) is 80.6 Å². The molecule has 1 amide bonds. The van der Waals surface area contributed by atoms with E-state index in [1.54, 1.807) is 12.1 Å². The number of sulfone groups is 1. The maximum atomic E-state index is 15.5. The van der Waals surface area contributed by atoms with Gasteiger partial charge in [-0.3, -0.25) is 34.6 Å². The Bertz CT molecular complexity index is 3410. The van der Waals surface area contributed by atoms with Crippen LogP contribution >= 0.6 is 0 Å². The summed E-state index contributed by atoms with van der Waals surface area (Å²) < 4.78 is 67.1. The predicted octanol–water partition coefficient (Wildman–Crippen LogP) is 5.01. The van der Waals surface area contributed by atoms with Crippen molar-refractivity contribution in [2.45, 2.75) is 27.5 Å². The SMILES string of the molecule is COc1ccc(N(C(=O)c2c3ccccc3nc3ccccc23)S(=O)(=O)c2ccc(C(=O)OO)c(S(=O)(=O)c3cc4c(C(=O)OO)c(c3C(=O)OO)C(=O)OOC(=N)CCC4=N)c2C(=O)OO)cc1. The van der Waals surface area contributed by atoms with Gasteiger partial charge >= 0.3 is 29.8 Å². The molecule has 0 saturated heterocycles. The lowest BCUT2D eigenvalue weighted by Crippen LogP contribution is -2.38. The zero-order valence-electron chi connectivity index (χ0n) is 34.5. The van der Waals surface area contributed by atoms with Gasteiger partial charge in [-0.25, -0.2) is 50.7 Å². The molecule has 6 aromatic rings. The number of amides is 1. The highest BCUT2D eigenvalue weighted by Crippen LogP contribution is 2.41. The minimum atomic E-state index is -6.32. The van der Waals surface area contributed by atoms with Crippen molar-refractivity contribution in [3.63, 3.8) is 0 Å². The van der Waals surface area contributed by atoms with Crippen LogP contribution < -0.4 is 9.04 Å². The number of para-hydroxylation sites is 2. The first-order valence-corrected chi connectivity index (χ1v) is 21.9. The van der Waals surface area contributed by atoms with E-state index in [4.69, 9.17) is 15.6 Å². The topological polar surface area (TPSA) is 380 Å². The maximum Gasteiger partial charge on any atom is 0.388 e. The van der Waals surface area contributed by atoms with E-state index in [0.29, 0.717) is 12.1 Å². The van der Waals surface area contributed by atoms with Crippen molar-refractivity contribution < 1.29 is 101 Å². The van der Waals surface area contributed by atoms with Gasteiger partial charge in [-0.05, 0) is 61.0 Å². The van der Waals surface area contributed by atoms with Crippen LogP contribution in [0.4, 0.5) is 5.69 Å². The third-order valence-corrected chi connectivity index (χ3v) is 13.9. The molecular formula is C42H28N4O21S2. The first kappa shape index (κ1) is 48.2. The summed E-state index contributed by atoms with van der Waals surface area (Å²) in [5.74, 6) is -12.9. The Morgan fingerprint density at radius 1 is 0.652 bits per heavy atom. The summed E-state index contributed by atoms with van der Waals surface area (Å²) in [6.45, 7) is 0. The molecule has 7 rings (SSSR count). The smallest absolute Gasteiger partial charge is 0.388 e. The van der Waals surface area contributed by atoms with Crippen molar-refractivity contribution in [1.82, 2.24) is 4.98 Å². The minimum absolute atomic E-state index is 0.0867. The third-order valence-electron chi connectivity index (χ3n) is 10.3. The van der Waals surface area contributed by atoms with E-state index in [0.717, 1.165) is 12.1 Å². The minimum Gasteiger partial charge on any atom is -0.497 e. The molecule has 0 radical (unpaired) electrons. The number of ether oxygens (including phenoxy) is 1. The fourth-order valence-corrected chi connectivity index (χ4v) is 10.8. The van der Waals surface area contributed by atoms with Crippen LogP contribution in [0, 0.1) is 10.8 Å². The van der Waals surface area contributed by atoms with Gasteiger partial charge in [0.1, 0.15) is 21.1 Å². The van der Waals surface area contributed by atoms with Crippen LogP contribution in [0.15, 0.2) is 106 Å². The number of rotatable bonds is 11. The summed E-state index contributed by atoms with van der Waals surface area (Å²) in [6.07, 6.45) is -1.29. The van der Waals surface area contributed by atoms with Gasteiger partial charge in [0.05, 0.1) is 56.5 Å². The van der Waals surface area contributed by atoms with Gasteiger partial charge in [0.25, 0.3) is 15.9 Å². The Hall–Kier alpha value is -8.73. The van der Waals surface area contributed by atoms with Crippen molar-refractivity contribution in [3.05, 3.63) is 130 Å². The van der Waals surface area contributed by atoms with E-state index >= 15 is 21.6 Å². The Morgan fingerprint density at radius 3 is 1.77 bits per heavy atom. The summed E-state index contributed by atoms with van der Waals surface area (Å²) in [4.78, 5) is 106. The fraction of sp³-hybridized carbons (Fsp3) is 0.0714. The number of nitrogens with zero attached hydrogens (tertiary/aromatic N) is 2. The molecule has 2 heterocycles. The summed E-state index contributed by atoms with van der Waals surface area (Å²) >= 11 is 0. The van der Waals surface area contributed by atoms with E-state index in [-0.39, 0.29) is 43.5 Å². The largest absolute Gasteiger partial charge is 0.497 e. The van der Waals surface area contributed by atoms with Gasteiger partial charge in [-0.15, -0.1) is 0 Å². The van der Waals surface area contributed by atoms with Gasteiger partial charge in [0.15, 0.2) is 0 Å². The molecule has 25 nitrogen and oxygen atoms in total. The molecular weight excluding hydrogens is 961 g/mol. The molecule has 0 atom stereocenters. The molecule has 69 heavy (non-hydrogen) atoms. The first-order chi connectivity index (χ1) is 32.9. The molecule has 2 bridgehead atoms. The number of hydrogen-bond donors (Lipinski definition) is 6. The third kappa shape index (κ3) is 8.38. The van der Waals surface area contributed by atoms with Crippen LogP contribution in [0.3, 0.4) is 0 Å². The second-order valence-electron chi connectivity index (χ2n) is 14.0. The predicted molar refractivity (Wildman–Crippen MR) is 227 cm³/mol. The molecule has 0 aliphatic carbocycles. The number of benzene rings is 5. The zero-order chi connectivity index (χ0) is 50.1. The molecule has 27 heteroatoms. The van der Waals surface area contributed by atoms with Crippen LogP contribution in [0.25, 0.3) is 21.8 Å². The van der Waals surface area contributed by atoms with Gasteiger partial charge in [0, 0.05) is 28.5 Å². The highest BCUT2D eigenvalue weighted by molar-refractivity contribution is 7.94. The molecule has 0 saturated carbocycles. The number of pyridine rings is 1. The number of carbonyl (C=O) groups is 6. The lowest BCUT2D eigenvalue weighted by Gasteiger charge is -2.26. The van der Waals surface area contributed by atoms with E-state index in [1.165, 1.54) is 55.6 Å². The normalized spacial score (nSPS) is 12.9. The summed E-state index contributed by atoms with van der Waals surface area (Å²) in [7, 11) is -10.9. The van der Waals surface area contributed by atoms with Crippen LogP contribution in [-0.4, -0.2) is 97.3 Å². The van der Waals surface area contributed by atoms with E-state index in [2.05, 4.69) is 34.3 Å². The molecule has 0 spiro atoms. The van der Waals surface area contributed by atoms with Crippen molar-refractivity contribution in [1.29, 1.82) is 10.8 Å². The Balaban J connectivity index is 1.63. The molecule has 5 aromatic carbocycles.